The lowest BCUT2D eigenvalue weighted by molar-refractivity contribution is 0.0499. The Hall–Kier alpha value is -0.850. The number of unbranched alkanes of at least 4 members (excludes halogenated alkanes) is 2. The Labute approximate surface area is 179 Å². The van der Waals surface area contributed by atoms with Gasteiger partial charge in [0.2, 0.25) is 0 Å². The largest absolute Gasteiger partial charge is 0.492 e. The molecule has 4 nitrogen and oxygen atoms in total. The zero-order chi connectivity index (χ0) is 20.2. The molecule has 0 spiro atoms. The van der Waals surface area contributed by atoms with Crippen molar-refractivity contribution in [2.45, 2.75) is 57.3 Å². The number of thioether (sulfide) groups is 1. The van der Waals surface area contributed by atoms with Crippen molar-refractivity contribution in [3.8, 4) is 5.75 Å². The molecule has 6 heteroatoms. The molecule has 0 atom stereocenters. The molecule has 0 radical (unpaired) electrons. The fourth-order valence-corrected chi connectivity index (χ4v) is 4.76. The van der Waals surface area contributed by atoms with Crippen molar-refractivity contribution < 1.29 is 14.3 Å². The fourth-order valence-electron chi connectivity index (χ4n) is 3.05. The SMILES string of the molecule is CCCCOC(=O)c1ccc(OCC2CCN(SC)CC2)c(SCCCC)c1. The van der Waals surface area contributed by atoms with Gasteiger partial charge >= 0.3 is 5.97 Å². The topological polar surface area (TPSA) is 38.8 Å². The average molecular weight is 426 g/mol. The minimum absolute atomic E-state index is 0.234. The first-order chi connectivity index (χ1) is 13.7. The number of benzene rings is 1. The normalized spacial score (nSPS) is 15.5. The van der Waals surface area contributed by atoms with Crippen LogP contribution in [0.5, 0.6) is 5.75 Å². The van der Waals surface area contributed by atoms with E-state index in [1.54, 1.807) is 11.8 Å². The van der Waals surface area contributed by atoms with Crippen molar-refractivity contribution in [1.82, 2.24) is 4.31 Å². The Kier molecular flexibility index (Phi) is 11.2. The minimum Gasteiger partial charge on any atom is -0.492 e. The van der Waals surface area contributed by atoms with Crippen molar-refractivity contribution in [3.63, 3.8) is 0 Å². The van der Waals surface area contributed by atoms with Crippen LogP contribution in [0, 0.1) is 5.92 Å². The summed E-state index contributed by atoms with van der Waals surface area (Å²) in [5.74, 6) is 2.31. The van der Waals surface area contributed by atoms with Crippen LogP contribution in [-0.4, -0.2) is 48.6 Å². The van der Waals surface area contributed by atoms with Crippen LogP contribution in [0.4, 0.5) is 0 Å². The first kappa shape index (κ1) is 23.4. The molecule has 0 N–H and O–H groups in total. The van der Waals surface area contributed by atoms with Gasteiger partial charge in [0.05, 0.1) is 23.7 Å². The molecule has 28 heavy (non-hydrogen) atoms. The van der Waals surface area contributed by atoms with Crippen LogP contribution in [0.1, 0.15) is 62.7 Å². The van der Waals surface area contributed by atoms with Crippen LogP contribution in [0.2, 0.25) is 0 Å². The first-order valence-corrected chi connectivity index (χ1v) is 12.7. The van der Waals surface area contributed by atoms with Gasteiger partial charge in [-0.25, -0.2) is 4.79 Å². The van der Waals surface area contributed by atoms with E-state index in [9.17, 15) is 4.79 Å². The van der Waals surface area contributed by atoms with E-state index in [-0.39, 0.29) is 5.97 Å². The molecule has 1 aliphatic rings. The van der Waals surface area contributed by atoms with Gasteiger partial charge in [0.1, 0.15) is 5.75 Å². The highest BCUT2D eigenvalue weighted by Gasteiger charge is 2.20. The Morgan fingerprint density at radius 3 is 2.61 bits per heavy atom. The van der Waals surface area contributed by atoms with Crippen LogP contribution in [-0.2, 0) is 4.74 Å². The van der Waals surface area contributed by atoms with Crippen LogP contribution >= 0.6 is 23.7 Å². The van der Waals surface area contributed by atoms with Crippen molar-refractivity contribution >= 4 is 29.7 Å². The van der Waals surface area contributed by atoms with E-state index in [1.165, 1.54) is 12.8 Å². The quantitative estimate of drug-likeness (QED) is 0.179. The van der Waals surface area contributed by atoms with Gasteiger partial charge in [-0.05, 0) is 61.8 Å². The molecule has 0 aliphatic carbocycles. The molecular formula is C22H35NO3S2. The van der Waals surface area contributed by atoms with Crippen LogP contribution in [0.15, 0.2) is 23.1 Å². The third-order valence-electron chi connectivity index (χ3n) is 4.97. The van der Waals surface area contributed by atoms with Crippen molar-refractivity contribution in [3.05, 3.63) is 23.8 Å². The molecule has 158 valence electrons. The third kappa shape index (κ3) is 7.88. The highest BCUT2D eigenvalue weighted by molar-refractivity contribution is 7.99. The summed E-state index contributed by atoms with van der Waals surface area (Å²) in [6.45, 7) is 7.80. The summed E-state index contributed by atoms with van der Waals surface area (Å²) in [6, 6.07) is 5.73. The van der Waals surface area contributed by atoms with Gasteiger partial charge in [0.15, 0.2) is 0 Å². The summed E-state index contributed by atoms with van der Waals surface area (Å²) in [5.41, 5.74) is 0.621. The van der Waals surface area contributed by atoms with Gasteiger partial charge in [-0.15, -0.1) is 11.8 Å². The molecule has 1 aromatic carbocycles. The number of hydrogen-bond acceptors (Lipinski definition) is 6. The maximum absolute atomic E-state index is 12.3. The Bertz CT molecular complexity index is 589. The molecular weight excluding hydrogens is 390 g/mol. The van der Waals surface area contributed by atoms with Crippen LogP contribution < -0.4 is 4.74 Å². The Balaban J connectivity index is 1.97. The second kappa shape index (κ2) is 13.4. The highest BCUT2D eigenvalue weighted by atomic mass is 32.2. The number of nitrogens with zero attached hydrogens (tertiary/aromatic N) is 1. The van der Waals surface area contributed by atoms with Gasteiger partial charge in [0, 0.05) is 13.1 Å². The van der Waals surface area contributed by atoms with Crippen molar-refractivity contribution in [1.29, 1.82) is 0 Å². The summed E-state index contributed by atoms with van der Waals surface area (Å²) >= 11 is 3.61. The van der Waals surface area contributed by atoms with E-state index in [0.717, 1.165) is 61.8 Å². The lowest BCUT2D eigenvalue weighted by Gasteiger charge is -2.30. The van der Waals surface area contributed by atoms with E-state index in [0.29, 0.717) is 18.1 Å². The number of carbonyl (C=O) groups excluding carboxylic acids is 1. The Morgan fingerprint density at radius 1 is 1.18 bits per heavy atom. The first-order valence-electron chi connectivity index (χ1n) is 10.5. The minimum atomic E-state index is -0.234. The highest BCUT2D eigenvalue weighted by Crippen LogP contribution is 2.32. The molecule has 0 bridgehead atoms. The molecule has 1 heterocycles. The maximum Gasteiger partial charge on any atom is 0.338 e. The summed E-state index contributed by atoms with van der Waals surface area (Å²) in [4.78, 5) is 13.4. The van der Waals surface area contributed by atoms with Crippen LogP contribution in [0.3, 0.4) is 0 Å². The van der Waals surface area contributed by atoms with Gasteiger partial charge in [-0.3, -0.25) is 4.31 Å². The number of piperidine rings is 1. The molecule has 1 saturated heterocycles. The fraction of sp³-hybridized carbons (Fsp3) is 0.682. The molecule has 2 rings (SSSR count). The molecule has 0 unspecified atom stereocenters. The number of esters is 1. The number of carbonyl (C=O) groups is 1. The van der Waals surface area contributed by atoms with E-state index in [1.807, 2.05) is 30.1 Å². The lowest BCUT2D eigenvalue weighted by Crippen LogP contribution is -2.30. The molecule has 1 fully saturated rings. The van der Waals surface area contributed by atoms with E-state index < -0.39 is 0 Å². The standard InChI is InChI=1S/C22H35NO3S2/c1-4-6-14-25-22(24)19-8-9-20(21(16-19)28-15-7-5-2)26-17-18-10-12-23(27-3)13-11-18/h8-9,16,18H,4-7,10-15,17H2,1-3H3. The van der Waals surface area contributed by atoms with Gasteiger partial charge in [-0.1, -0.05) is 38.6 Å². The van der Waals surface area contributed by atoms with Crippen molar-refractivity contribution in [2.75, 3.05) is 38.3 Å². The summed E-state index contributed by atoms with van der Waals surface area (Å²) in [5, 5.41) is 0. The number of hydrogen-bond donors (Lipinski definition) is 0. The zero-order valence-corrected chi connectivity index (χ0v) is 19.2. The number of ether oxygens (including phenoxy) is 2. The second-order valence-electron chi connectivity index (χ2n) is 7.22. The van der Waals surface area contributed by atoms with E-state index >= 15 is 0 Å². The third-order valence-corrected chi connectivity index (χ3v) is 6.98. The zero-order valence-electron chi connectivity index (χ0n) is 17.6. The molecule has 1 aromatic rings. The smallest absolute Gasteiger partial charge is 0.338 e. The predicted octanol–water partition coefficient (Wildman–Crippen LogP) is 5.90. The average Bonchev–Trinajstić information content (AvgIpc) is 2.73. The Morgan fingerprint density at radius 2 is 1.93 bits per heavy atom. The monoisotopic (exact) mass is 425 g/mol. The number of rotatable bonds is 12. The van der Waals surface area contributed by atoms with Gasteiger partial charge in [-0.2, -0.15) is 0 Å². The summed E-state index contributed by atoms with van der Waals surface area (Å²) in [6.07, 6.45) is 8.75. The summed E-state index contributed by atoms with van der Waals surface area (Å²) in [7, 11) is 0. The van der Waals surface area contributed by atoms with Gasteiger partial charge in [0.25, 0.3) is 0 Å². The second-order valence-corrected chi connectivity index (χ2v) is 9.24. The molecule has 0 saturated carbocycles. The molecule has 0 amide bonds. The summed E-state index contributed by atoms with van der Waals surface area (Å²) < 4.78 is 14.0. The van der Waals surface area contributed by atoms with Gasteiger partial charge < -0.3 is 9.47 Å². The lowest BCUT2D eigenvalue weighted by atomic mass is 9.99. The molecule has 0 aromatic heterocycles. The van der Waals surface area contributed by atoms with Crippen molar-refractivity contribution in [2.24, 2.45) is 5.92 Å². The van der Waals surface area contributed by atoms with E-state index in [2.05, 4.69) is 24.4 Å². The maximum atomic E-state index is 12.3. The predicted molar refractivity (Wildman–Crippen MR) is 121 cm³/mol. The van der Waals surface area contributed by atoms with Crippen LogP contribution in [0.25, 0.3) is 0 Å². The molecule has 1 aliphatic heterocycles. The van der Waals surface area contributed by atoms with E-state index in [4.69, 9.17) is 9.47 Å².